The van der Waals surface area contributed by atoms with Crippen molar-refractivity contribution in [1.82, 2.24) is 5.32 Å². The third-order valence-corrected chi connectivity index (χ3v) is 7.09. The van der Waals surface area contributed by atoms with Gasteiger partial charge in [-0.25, -0.2) is 0 Å². The van der Waals surface area contributed by atoms with E-state index in [4.69, 9.17) is 4.74 Å². The average molecular weight is 405 g/mol. The molecule has 2 aliphatic heterocycles. The van der Waals surface area contributed by atoms with Gasteiger partial charge in [0.2, 0.25) is 0 Å². The van der Waals surface area contributed by atoms with E-state index in [0.717, 1.165) is 18.5 Å². The van der Waals surface area contributed by atoms with Gasteiger partial charge in [-0.1, -0.05) is 37.6 Å². The molecule has 5 rings (SSSR count). The molecule has 5 nitrogen and oxygen atoms in total. The van der Waals surface area contributed by atoms with Gasteiger partial charge in [0, 0.05) is 17.2 Å². The Morgan fingerprint density at radius 1 is 1.20 bits per heavy atom. The van der Waals surface area contributed by atoms with Crippen molar-refractivity contribution >= 4 is 17.5 Å². The molecule has 2 aliphatic carbocycles. The first-order valence-electron chi connectivity index (χ1n) is 10.8. The molecule has 1 aromatic rings. The van der Waals surface area contributed by atoms with Crippen LogP contribution in [0.5, 0.6) is 0 Å². The lowest BCUT2D eigenvalue weighted by molar-refractivity contribution is -0.116. The van der Waals surface area contributed by atoms with E-state index >= 15 is 0 Å². The van der Waals surface area contributed by atoms with Gasteiger partial charge in [-0.2, -0.15) is 0 Å². The van der Waals surface area contributed by atoms with Crippen molar-refractivity contribution < 1.29 is 14.3 Å². The number of ether oxygens (including phenoxy) is 1. The van der Waals surface area contributed by atoms with Gasteiger partial charge >= 0.3 is 0 Å². The predicted octanol–water partition coefficient (Wildman–Crippen LogP) is 4.23. The molecule has 5 heteroatoms. The molecule has 30 heavy (non-hydrogen) atoms. The first-order chi connectivity index (χ1) is 14.4. The fourth-order valence-electron chi connectivity index (χ4n) is 5.69. The topological polar surface area (TPSA) is 58.6 Å². The number of para-hydroxylation sites is 1. The van der Waals surface area contributed by atoms with Crippen LogP contribution in [0.1, 0.15) is 46.5 Å². The van der Waals surface area contributed by atoms with Crippen molar-refractivity contribution in [3.63, 3.8) is 0 Å². The Kier molecular flexibility index (Phi) is 4.38. The van der Waals surface area contributed by atoms with Crippen molar-refractivity contribution in [1.29, 1.82) is 0 Å². The monoisotopic (exact) mass is 404 g/mol. The zero-order chi connectivity index (χ0) is 21.0. The maximum atomic E-state index is 12.8. The van der Waals surface area contributed by atoms with E-state index < -0.39 is 6.23 Å². The number of benzene rings is 1. The fourth-order valence-corrected chi connectivity index (χ4v) is 5.69. The van der Waals surface area contributed by atoms with E-state index in [1.54, 1.807) is 18.1 Å². The standard InChI is InChI=1S/C25H28N2O3/c1-15-12-20(27(24(15)29)17-9-5-4-6-10-17)30-14-19-18-13-16-8-7-11-25(2,3)21(16)22(18)26-23(19)28/h4-6,9-10,12,14,18,20,22H,7-8,11,13H2,1-3H3,(H,26,28)/b19-14+. The fraction of sp³-hybridized carbons (Fsp3) is 0.440. The van der Waals surface area contributed by atoms with Crippen LogP contribution >= 0.6 is 0 Å². The van der Waals surface area contributed by atoms with Crippen LogP contribution in [0.25, 0.3) is 0 Å². The Bertz CT molecular complexity index is 1000. The summed E-state index contributed by atoms with van der Waals surface area (Å²) in [4.78, 5) is 27.1. The summed E-state index contributed by atoms with van der Waals surface area (Å²) in [5, 5.41) is 3.22. The number of anilines is 1. The summed E-state index contributed by atoms with van der Waals surface area (Å²) in [6.45, 7) is 6.39. The number of carbonyl (C=O) groups is 2. The SMILES string of the molecule is CC1=CC(O/C=C2/C(=O)NC3C4=C(CCCC4(C)C)CC23)N(c2ccccc2)C1=O. The molecule has 2 amide bonds. The third kappa shape index (κ3) is 2.91. The number of nitrogens with zero attached hydrogens (tertiary/aromatic N) is 1. The highest BCUT2D eigenvalue weighted by molar-refractivity contribution is 6.08. The van der Waals surface area contributed by atoms with E-state index in [-0.39, 0.29) is 29.2 Å². The summed E-state index contributed by atoms with van der Waals surface area (Å²) in [5.74, 6) is 0.0135. The Morgan fingerprint density at radius 2 is 1.97 bits per heavy atom. The molecule has 0 radical (unpaired) electrons. The molecular formula is C25H28N2O3. The van der Waals surface area contributed by atoms with E-state index in [0.29, 0.717) is 11.1 Å². The second kappa shape index (κ2) is 6.86. The van der Waals surface area contributed by atoms with Gasteiger partial charge in [0.1, 0.15) is 0 Å². The molecule has 0 bridgehead atoms. The van der Waals surface area contributed by atoms with Gasteiger partial charge in [0.25, 0.3) is 11.8 Å². The van der Waals surface area contributed by atoms with Crippen LogP contribution < -0.4 is 10.2 Å². The normalized spacial score (nSPS) is 31.0. The minimum Gasteiger partial charge on any atom is -0.474 e. The van der Waals surface area contributed by atoms with Crippen LogP contribution in [0, 0.1) is 11.3 Å². The summed E-state index contributed by atoms with van der Waals surface area (Å²) in [7, 11) is 0. The largest absolute Gasteiger partial charge is 0.474 e. The molecule has 3 atom stereocenters. The zero-order valence-electron chi connectivity index (χ0n) is 17.8. The quantitative estimate of drug-likeness (QED) is 0.466. The molecule has 4 aliphatic rings. The van der Waals surface area contributed by atoms with Gasteiger partial charge in [-0.15, -0.1) is 0 Å². The van der Waals surface area contributed by atoms with Gasteiger partial charge in [-0.05, 0) is 61.8 Å². The molecular weight excluding hydrogens is 376 g/mol. The van der Waals surface area contributed by atoms with Crippen molar-refractivity contribution in [3.8, 4) is 0 Å². The smallest absolute Gasteiger partial charge is 0.257 e. The number of fused-ring (bicyclic) bond motifs is 2. The molecule has 0 spiro atoms. The lowest BCUT2D eigenvalue weighted by Gasteiger charge is -2.35. The highest BCUT2D eigenvalue weighted by Crippen LogP contribution is 2.53. The molecule has 1 saturated heterocycles. The summed E-state index contributed by atoms with van der Waals surface area (Å²) >= 11 is 0. The van der Waals surface area contributed by atoms with Gasteiger partial charge in [0.05, 0.1) is 17.9 Å². The molecule has 1 fully saturated rings. The number of amides is 2. The summed E-state index contributed by atoms with van der Waals surface area (Å²) < 4.78 is 6.07. The van der Waals surface area contributed by atoms with Crippen LogP contribution in [0.4, 0.5) is 5.69 Å². The molecule has 2 heterocycles. The molecule has 0 aromatic heterocycles. The van der Waals surface area contributed by atoms with Gasteiger partial charge in [0.15, 0.2) is 6.23 Å². The lowest BCUT2D eigenvalue weighted by Crippen LogP contribution is -2.35. The summed E-state index contributed by atoms with van der Waals surface area (Å²) in [6, 6.07) is 9.59. The maximum absolute atomic E-state index is 12.8. The van der Waals surface area contributed by atoms with E-state index in [9.17, 15) is 9.59 Å². The molecule has 0 saturated carbocycles. The average Bonchev–Trinajstić information content (AvgIpc) is 3.30. The molecule has 3 unspecified atom stereocenters. The van der Waals surface area contributed by atoms with Gasteiger partial charge in [-0.3, -0.25) is 14.5 Å². The number of hydrogen-bond donors (Lipinski definition) is 1. The van der Waals surface area contributed by atoms with Crippen LogP contribution in [-0.2, 0) is 14.3 Å². The second-order valence-electron chi connectivity index (χ2n) is 9.48. The number of allylic oxidation sites excluding steroid dienone is 1. The van der Waals surface area contributed by atoms with Crippen molar-refractivity contribution in [3.05, 3.63) is 65.0 Å². The van der Waals surface area contributed by atoms with Crippen LogP contribution in [0.15, 0.2) is 65.0 Å². The Morgan fingerprint density at radius 3 is 2.73 bits per heavy atom. The van der Waals surface area contributed by atoms with Crippen LogP contribution in [-0.4, -0.2) is 24.1 Å². The minimum absolute atomic E-state index is 0.0470. The van der Waals surface area contributed by atoms with Crippen LogP contribution in [0.2, 0.25) is 0 Å². The third-order valence-electron chi connectivity index (χ3n) is 7.09. The molecule has 1 aromatic carbocycles. The van der Waals surface area contributed by atoms with E-state index in [1.807, 2.05) is 36.4 Å². The minimum atomic E-state index is -0.542. The Balaban J connectivity index is 1.40. The van der Waals surface area contributed by atoms with Crippen molar-refractivity contribution in [2.45, 2.75) is 58.7 Å². The Labute approximate surface area is 177 Å². The summed E-state index contributed by atoms with van der Waals surface area (Å²) in [6.07, 6.45) is 7.33. The van der Waals surface area contributed by atoms with Crippen LogP contribution in [0.3, 0.4) is 0 Å². The maximum Gasteiger partial charge on any atom is 0.257 e. The number of nitrogens with one attached hydrogen (secondary N) is 1. The van der Waals surface area contributed by atoms with E-state index in [1.165, 1.54) is 24.0 Å². The Hall–Kier alpha value is -2.82. The number of rotatable bonds is 3. The molecule has 156 valence electrons. The highest BCUT2D eigenvalue weighted by atomic mass is 16.5. The molecule has 1 N–H and O–H groups in total. The van der Waals surface area contributed by atoms with Crippen molar-refractivity contribution in [2.24, 2.45) is 11.3 Å². The second-order valence-corrected chi connectivity index (χ2v) is 9.48. The lowest BCUT2D eigenvalue weighted by atomic mass is 9.72. The van der Waals surface area contributed by atoms with Gasteiger partial charge < -0.3 is 10.1 Å². The first-order valence-corrected chi connectivity index (χ1v) is 10.8. The number of hydrogen-bond acceptors (Lipinski definition) is 3. The first kappa shape index (κ1) is 19.2. The zero-order valence-corrected chi connectivity index (χ0v) is 17.8. The van der Waals surface area contributed by atoms with E-state index in [2.05, 4.69) is 19.2 Å². The predicted molar refractivity (Wildman–Crippen MR) is 115 cm³/mol. The summed E-state index contributed by atoms with van der Waals surface area (Å²) in [5.41, 5.74) is 5.23. The highest BCUT2D eigenvalue weighted by Gasteiger charge is 2.50. The number of carbonyl (C=O) groups excluding carboxylic acids is 2. The van der Waals surface area contributed by atoms with Crippen molar-refractivity contribution in [2.75, 3.05) is 4.90 Å².